The SMILES string of the molecule is C1CC2(C1)CNC1(CCCC1)OC2. The smallest absolute Gasteiger partial charge is 0.119 e. The van der Waals surface area contributed by atoms with Crippen molar-refractivity contribution in [3.8, 4) is 0 Å². The number of hydrogen-bond acceptors (Lipinski definition) is 2. The summed E-state index contributed by atoms with van der Waals surface area (Å²) < 4.78 is 6.07. The lowest BCUT2D eigenvalue weighted by Gasteiger charge is -2.50. The Morgan fingerprint density at radius 1 is 0.923 bits per heavy atom. The zero-order valence-corrected chi connectivity index (χ0v) is 8.27. The molecule has 3 aliphatic rings. The van der Waals surface area contributed by atoms with E-state index in [2.05, 4.69) is 5.32 Å². The van der Waals surface area contributed by atoms with Gasteiger partial charge in [-0.1, -0.05) is 6.42 Å². The highest BCUT2D eigenvalue weighted by atomic mass is 16.5. The number of ether oxygens (including phenoxy) is 1. The zero-order valence-electron chi connectivity index (χ0n) is 8.27. The quantitative estimate of drug-likeness (QED) is 0.617. The fraction of sp³-hybridized carbons (Fsp3) is 1.00. The monoisotopic (exact) mass is 181 g/mol. The zero-order chi connectivity index (χ0) is 8.78. The second-order valence-corrected chi connectivity index (χ2v) is 5.20. The summed E-state index contributed by atoms with van der Waals surface area (Å²) >= 11 is 0. The molecule has 74 valence electrons. The molecule has 2 saturated carbocycles. The topological polar surface area (TPSA) is 21.3 Å². The predicted molar refractivity (Wildman–Crippen MR) is 51.4 cm³/mol. The van der Waals surface area contributed by atoms with E-state index in [4.69, 9.17) is 4.74 Å². The summed E-state index contributed by atoms with van der Waals surface area (Å²) in [6, 6.07) is 0. The predicted octanol–water partition coefficient (Wildman–Crippen LogP) is 2.05. The van der Waals surface area contributed by atoms with Crippen LogP contribution in [0.3, 0.4) is 0 Å². The average Bonchev–Trinajstić information content (AvgIpc) is 2.53. The van der Waals surface area contributed by atoms with Gasteiger partial charge >= 0.3 is 0 Å². The lowest BCUT2D eigenvalue weighted by molar-refractivity contribution is -0.161. The number of rotatable bonds is 0. The summed E-state index contributed by atoms with van der Waals surface area (Å²) in [6.07, 6.45) is 9.36. The summed E-state index contributed by atoms with van der Waals surface area (Å²) in [5.41, 5.74) is 0.661. The van der Waals surface area contributed by atoms with Crippen molar-refractivity contribution in [3.63, 3.8) is 0 Å². The number of nitrogens with one attached hydrogen (secondary N) is 1. The van der Waals surface area contributed by atoms with Gasteiger partial charge in [0.25, 0.3) is 0 Å². The standard InChI is InChI=1S/C11H19NO/c1-2-7-11(6-1)12-8-10(9-13-11)4-3-5-10/h12H,1-9H2. The summed E-state index contributed by atoms with van der Waals surface area (Å²) in [5.74, 6) is 0. The van der Waals surface area contributed by atoms with E-state index in [0.29, 0.717) is 5.41 Å². The van der Waals surface area contributed by atoms with Crippen molar-refractivity contribution in [1.29, 1.82) is 0 Å². The maximum Gasteiger partial charge on any atom is 0.119 e. The molecule has 1 N–H and O–H groups in total. The first kappa shape index (κ1) is 8.25. The van der Waals surface area contributed by atoms with Crippen LogP contribution in [0.25, 0.3) is 0 Å². The van der Waals surface area contributed by atoms with E-state index < -0.39 is 0 Å². The molecule has 0 atom stereocenters. The maximum absolute atomic E-state index is 6.07. The summed E-state index contributed by atoms with van der Waals surface area (Å²) in [5, 5.41) is 3.66. The highest BCUT2D eigenvalue weighted by Gasteiger charge is 2.47. The minimum atomic E-state index is 0.112. The molecule has 3 fully saturated rings. The molecule has 2 nitrogen and oxygen atoms in total. The minimum Gasteiger partial charge on any atom is -0.360 e. The Kier molecular flexibility index (Phi) is 1.72. The fourth-order valence-corrected chi connectivity index (χ4v) is 3.01. The lowest BCUT2D eigenvalue weighted by Crippen LogP contribution is -2.59. The normalized spacial score (nSPS) is 35.1. The second-order valence-electron chi connectivity index (χ2n) is 5.20. The molecule has 1 aliphatic heterocycles. The molecular weight excluding hydrogens is 162 g/mol. The minimum absolute atomic E-state index is 0.112. The lowest BCUT2D eigenvalue weighted by atomic mass is 9.68. The van der Waals surface area contributed by atoms with Gasteiger partial charge in [-0.15, -0.1) is 0 Å². The summed E-state index contributed by atoms with van der Waals surface area (Å²) in [6.45, 7) is 2.24. The van der Waals surface area contributed by atoms with Gasteiger partial charge in [0.05, 0.1) is 6.61 Å². The van der Waals surface area contributed by atoms with Gasteiger partial charge in [0.15, 0.2) is 0 Å². The second kappa shape index (κ2) is 2.71. The first-order valence-corrected chi connectivity index (χ1v) is 5.72. The Morgan fingerprint density at radius 3 is 2.15 bits per heavy atom. The van der Waals surface area contributed by atoms with Crippen molar-refractivity contribution in [1.82, 2.24) is 5.32 Å². The molecule has 0 aromatic heterocycles. The van der Waals surface area contributed by atoms with Crippen LogP contribution in [-0.2, 0) is 4.74 Å². The van der Waals surface area contributed by atoms with Gasteiger partial charge in [0, 0.05) is 12.0 Å². The van der Waals surface area contributed by atoms with Crippen LogP contribution in [0.15, 0.2) is 0 Å². The Labute approximate surface area is 80.0 Å². The van der Waals surface area contributed by atoms with Crippen molar-refractivity contribution in [2.24, 2.45) is 5.41 Å². The molecule has 0 aromatic carbocycles. The van der Waals surface area contributed by atoms with Crippen molar-refractivity contribution in [2.45, 2.75) is 50.7 Å². The molecule has 1 saturated heterocycles. The van der Waals surface area contributed by atoms with Gasteiger partial charge in [-0.2, -0.15) is 0 Å². The third-order valence-electron chi connectivity index (χ3n) is 4.27. The molecule has 13 heavy (non-hydrogen) atoms. The van der Waals surface area contributed by atoms with Crippen LogP contribution in [0, 0.1) is 5.41 Å². The first-order chi connectivity index (χ1) is 6.33. The average molecular weight is 181 g/mol. The Morgan fingerprint density at radius 2 is 1.69 bits per heavy atom. The van der Waals surface area contributed by atoms with Gasteiger partial charge in [-0.3, -0.25) is 5.32 Å². The molecule has 2 aliphatic carbocycles. The molecule has 2 heteroatoms. The van der Waals surface area contributed by atoms with Crippen LogP contribution in [0.2, 0.25) is 0 Å². The Balaban J connectivity index is 1.66. The molecule has 0 unspecified atom stereocenters. The molecule has 0 aromatic rings. The third-order valence-corrected chi connectivity index (χ3v) is 4.27. The van der Waals surface area contributed by atoms with E-state index in [0.717, 1.165) is 6.61 Å². The van der Waals surface area contributed by atoms with Crippen molar-refractivity contribution >= 4 is 0 Å². The molecular formula is C11H19NO. The van der Waals surface area contributed by atoms with E-state index in [1.165, 1.54) is 51.5 Å². The van der Waals surface area contributed by atoms with Gasteiger partial charge in [-0.25, -0.2) is 0 Å². The van der Waals surface area contributed by atoms with Crippen LogP contribution in [0.4, 0.5) is 0 Å². The number of hydrogen-bond donors (Lipinski definition) is 1. The first-order valence-electron chi connectivity index (χ1n) is 5.72. The van der Waals surface area contributed by atoms with E-state index in [1.807, 2.05) is 0 Å². The van der Waals surface area contributed by atoms with E-state index in [1.54, 1.807) is 0 Å². The molecule has 0 bridgehead atoms. The van der Waals surface area contributed by atoms with Crippen molar-refractivity contribution < 1.29 is 4.74 Å². The van der Waals surface area contributed by atoms with Crippen LogP contribution < -0.4 is 5.32 Å². The fourth-order valence-electron chi connectivity index (χ4n) is 3.01. The Bertz CT molecular complexity index is 192. The largest absolute Gasteiger partial charge is 0.360 e. The molecule has 1 heterocycles. The van der Waals surface area contributed by atoms with Crippen molar-refractivity contribution in [2.75, 3.05) is 13.2 Å². The maximum atomic E-state index is 6.07. The van der Waals surface area contributed by atoms with E-state index in [-0.39, 0.29) is 5.72 Å². The van der Waals surface area contributed by atoms with E-state index in [9.17, 15) is 0 Å². The summed E-state index contributed by atoms with van der Waals surface area (Å²) in [4.78, 5) is 0. The van der Waals surface area contributed by atoms with Crippen molar-refractivity contribution in [3.05, 3.63) is 0 Å². The molecule has 0 radical (unpaired) electrons. The van der Waals surface area contributed by atoms with Gasteiger partial charge in [0.2, 0.25) is 0 Å². The molecule has 3 rings (SSSR count). The van der Waals surface area contributed by atoms with Gasteiger partial charge < -0.3 is 4.74 Å². The van der Waals surface area contributed by atoms with Gasteiger partial charge in [0.1, 0.15) is 5.72 Å². The van der Waals surface area contributed by atoms with Crippen LogP contribution >= 0.6 is 0 Å². The summed E-state index contributed by atoms with van der Waals surface area (Å²) in [7, 11) is 0. The third kappa shape index (κ3) is 1.23. The molecule has 0 amide bonds. The van der Waals surface area contributed by atoms with Crippen LogP contribution in [0.1, 0.15) is 44.9 Å². The van der Waals surface area contributed by atoms with Crippen LogP contribution in [-0.4, -0.2) is 18.9 Å². The highest BCUT2D eigenvalue weighted by molar-refractivity contribution is 4.97. The van der Waals surface area contributed by atoms with Gasteiger partial charge in [-0.05, 0) is 38.5 Å². The molecule has 2 spiro atoms. The Hall–Kier alpha value is -0.0800. The van der Waals surface area contributed by atoms with E-state index >= 15 is 0 Å². The highest BCUT2D eigenvalue weighted by Crippen LogP contribution is 2.46. The van der Waals surface area contributed by atoms with Crippen LogP contribution in [0.5, 0.6) is 0 Å².